The summed E-state index contributed by atoms with van der Waals surface area (Å²) in [5.74, 6) is -4.57. The minimum atomic E-state index is -5.44. The van der Waals surface area contributed by atoms with Gasteiger partial charge in [-0.25, -0.2) is 0 Å². The predicted octanol–water partition coefficient (Wildman–Crippen LogP) is 4.56. The highest BCUT2D eigenvalue weighted by molar-refractivity contribution is 4.75. The van der Waals surface area contributed by atoms with E-state index in [4.69, 9.17) is 4.74 Å². The molecule has 0 aliphatic heterocycles. The second kappa shape index (κ2) is 7.84. The van der Waals surface area contributed by atoms with Crippen molar-refractivity contribution in [2.75, 3.05) is 13.2 Å². The highest BCUT2D eigenvalue weighted by atomic mass is 19.4. The van der Waals surface area contributed by atoms with Crippen molar-refractivity contribution in [3.05, 3.63) is 0 Å². The van der Waals surface area contributed by atoms with Crippen molar-refractivity contribution >= 4 is 0 Å². The van der Waals surface area contributed by atoms with Crippen LogP contribution in [0, 0.1) is 0 Å². The quantitative estimate of drug-likeness (QED) is 0.437. The zero-order valence-electron chi connectivity index (χ0n) is 9.95. The SMILES string of the molecule is CCCCCOCCCCC(F)(F)C(F)(F)F. The van der Waals surface area contributed by atoms with Crippen molar-refractivity contribution in [2.24, 2.45) is 0 Å². The second-order valence-electron chi connectivity index (χ2n) is 3.98. The third kappa shape index (κ3) is 7.52. The fourth-order valence-electron chi connectivity index (χ4n) is 1.25. The van der Waals surface area contributed by atoms with Crippen LogP contribution in [0.3, 0.4) is 0 Å². The molecule has 0 aromatic rings. The first kappa shape index (κ1) is 16.6. The molecule has 104 valence electrons. The molecule has 1 nitrogen and oxygen atoms in total. The molecular formula is C11H19F5O. The van der Waals surface area contributed by atoms with Crippen LogP contribution in [-0.2, 0) is 4.74 Å². The van der Waals surface area contributed by atoms with E-state index in [-0.39, 0.29) is 19.4 Å². The van der Waals surface area contributed by atoms with E-state index in [2.05, 4.69) is 0 Å². The third-order valence-corrected chi connectivity index (χ3v) is 2.34. The fraction of sp³-hybridized carbons (Fsp3) is 1.00. The van der Waals surface area contributed by atoms with Crippen LogP contribution in [-0.4, -0.2) is 25.3 Å². The summed E-state index contributed by atoms with van der Waals surface area (Å²) in [5, 5.41) is 0. The Kier molecular flexibility index (Phi) is 7.66. The van der Waals surface area contributed by atoms with Crippen LogP contribution in [0.25, 0.3) is 0 Å². The summed E-state index contributed by atoms with van der Waals surface area (Å²) in [5.41, 5.74) is 0. The maximum Gasteiger partial charge on any atom is 0.453 e. The summed E-state index contributed by atoms with van der Waals surface area (Å²) < 4.78 is 65.3. The molecule has 17 heavy (non-hydrogen) atoms. The van der Waals surface area contributed by atoms with Crippen LogP contribution in [0.2, 0.25) is 0 Å². The standard InChI is InChI=1S/C11H19F5O/c1-2-3-5-8-17-9-6-4-7-10(12,13)11(14,15)16/h2-9H2,1H3. The Morgan fingerprint density at radius 2 is 1.35 bits per heavy atom. The summed E-state index contributed by atoms with van der Waals surface area (Å²) in [7, 11) is 0. The van der Waals surface area contributed by atoms with Gasteiger partial charge in [-0.05, 0) is 19.3 Å². The molecule has 0 atom stereocenters. The summed E-state index contributed by atoms with van der Waals surface area (Å²) in [4.78, 5) is 0. The lowest BCUT2D eigenvalue weighted by atomic mass is 10.1. The zero-order valence-corrected chi connectivity index (χ0v) is 9.95. The third-order valence-electron chi connectivity index (χ3n) is 2.34. The van der Waals surface area contributed by atoms with Crippen LogP contribution >= 0.6 is 0 Å². The highest BCUT2D eigenvalue weighted by Gasteiger charge is 2.56. The van der Waals surface area contributed by atoms with E-state index in [9.17, 15) is 22.0 Å². The van der Waals surface area contributed by atoms with Crippen molar-refractivity contribution in [1.29, 1.82) is 0 Å². The molecule has 0 heterocycles. The van der Waals surface area contributed by atoms with Gasteiger partial charge in [-0.1, -0.05) is 19.8 Å². The molecule has 0 rings (SSSR count). The van der Waals surface area contributed by atoms with Crippen LogP contribution < -0.4 is 0 Å². The van der Waals surface area contributed by atoms with Crippen LogP contribution in [0.1, 0.15) is 45.4 Å². The van der Waals surface area contributed by atoms with E-state index in [1.54, 1.807) is 0 Å². The van der Waals surface area contributed by atoms with E-state index in [1.807, 2.05) is 6.92 Å². The van der Waals surface area contributed by atoms with Gasteiger partial charge in [-0.15, -0.1) is 0 Å². The minimum absolute atomic E-state index is 0.180. The van der Waals surface area contributed by atoms with Gasteiger partial charge in [0.25, 0.3) is 0 Å². The molecular weight excluding hydrogens is 243 g/mol. The normalized spacial score (nSPS) is 13.1. The number of unbranched alkanes of at least 4 members (excludes halogenated alkanes) is 3. The van der Waals surface area contributed by atoms with Gasteiger partial charge in [-0.3, -0.25) is 0 Å². The Morgan fingerprint density at radius 1 is 0.824 bits per heavy atom. The molecule has 0 N–H and O–H groups in total. The van der Waals surface area contributed by atoms with Gasteiger partial charge < -0.3 is 4.74 Å². The average molecular weight is 262 g/mol. The summed E-state index contributed by atoms with van der Waals surface area (Å²) in [6.07, 6.45) is -3.55. The molecule has 0 saturated carbocycles. The average Bonchev–Trinajstić information content (AvgIpc) is 2.20. The molecule has 0 spiro atoms. The predicted molar refractivity (Wildman–Crippen MR) is 55.2 cm³/mol. The van der Waals surface area contributed by atoms with E-state index in [0.29, 0.717) is 6.61 Å². The molecule has 0 saturated heterocycles. The smallest absolute Gasteiger partial charge is 0.381 e. The maximum absolute atomic E-state index is 12.4. The van der Waals surface area contributed by atoms with Gasteiger partial charge in [-0.2, -0.15) is 22.0 Å². The van der Waals surface area contributed by atoms with Gasteiger partial charge >= 0.3 is 12.1 Å². The van der Waals surface area contributed by atoms with Crippen molar-refractivity contribution in [3.8, 4) is 0 Å². The van der Waals surface area contributed by atoms with Gasteiger partial charge in [0, 0.05) is 19.6 Å². The van der Waals surface area contributed by atoms with Crippen LogP contribution in [0.5, 0.6) is 0 Å². The minimum Gasteiger partial charge on any atom is -0.381 e. The Balaban J connectivity index is 3.46. The summed E-state index contributed by atoms with van der Waals surface area (Å²) in [6.45, 7) is 2.83. The largest absolute Gasteiger partial charge is 0.453 e. The Hall–Kier alpha value is -0.390. The maximum atomic E-state index is 12.4. The van der Waals surface area contributed by atoms with E-state index in [0.717, 1.165) is 19.3 Å². The lowest BCUT2D eigenvalue weighted by molar-refractivity contribution is -0.284. The van der Waals surface area contributed by atoms with E-state index in [1.165, 1.54) is 0 Å². The first-order valence-corrected chi connectivity index (χ1v) is 5.83. The lowest BCUT2D eigenvalue weighted by Crippen LogP contribution is -2.36. The second-order valence-corrected chi connectivity index (χ2v) is 3.98. The van der Waals surface area contributed by atoms with Crippen molar-refractivity contribution < 1.29 is 26.7 Å². The van der Waals surface area contributed by atoms with Crippen molar-refractivity contribution in [3.63, 3.8) is 0 Å². The Labute approximate surface area is 98.3 Å². The Bertz CT molecular complexity index is 191. The number of ether oxygens (including phenoxy) is 1. The first-order valence-electron chi connectivity index (χ1n) is 5.83. The monoisotopic (exact) mass is 262 g/mol. The number of alkyl halides is 5. The van der Waals surface area contributed by atoms with E-state index >= 15 is 0 Å². The van der Waals surface area contributed by atoms with Gasteiger partial charge in [0.2, 0.25) is 0 Å². The zero-order chi connectivity index (χ0) is 13.4. The molecule has 6 heteroatoms. The summed E-state index contributed by atoms with van der Waals surface area (Å²) >= 11 is 0. The molecule has 0 aliphatic rings. The Morgan fingerprint density at radius 3 is 1.82 bits per heavy atom. The van der Waals surface area contributed by atoms with Crippen molar-refractivity contribution in [1.82, 2.24) is 0 Å². The molecule has 0 aromatic carbocycles. The molecule has 0 unspecified atom stereocenters. The molecule has 0 fully saturated rings. The number of halogens is 5. The number of hydrogen-bond donors (Lipinski definition) is 0. The molecule has 0 aliphatic carbocycles. The van der Waals surface area contributed by atoms with Crippen LogP contribution in [0.15, 0.2) is 0 Å². The lowest BCUT2D eigenvalue weighted by Gasteiger charge is -2.19. The van der Waals surface area contributed by atoms with Gasteiger partial charge in [0.15, 0.2) is 0 Å². The van der Waals surface area contributed by atoms with Crippen LogP contribution in [0.4, 0.5) is 22.0 Å². The van der Waals surface area contributed by atoms with Crippen molar-refractivity contribution in [2.45, 2.75) is 57.5 Å². The number of rotatable bonds is 9. The summed E-state index contributed by atoms with van der Waals surface area (Å²) in [6, 6.07) is 0. The highest BCUT2D eigenvalue weighted by Crippen LogP contribution is 2.38. The number of hydrogen-bond acceptors (Lipinski definition) is 1. The molecule has 0 amide bonds. The molecule has 0 radical (unpaired) electrons. The first-order chi connectivity index (χ1) is 7.81. The topological polar surface area (TPSA) is 9.23 Å². The molecule has 0 aromatic heterocycles. The van der Waals surface area contributed by atoms with Gasteiger partial charge in [0.05, 0.1) is 0 Å². The molecule has 0 bridgehead atoms. The fourth-order valence-corrected chi connectivity index (χ4v) is 1.25. The van der Waals surface area contributed by atoms with Gasteiger partial charge in [0.1, 0.15) is 0 Å². The van der Waals surface area contributed by atoms with E-state index < -0.39 is 18.5 Å².